The van der Waals surface area contributed by atoms with Crippen LogP contribution in [0.2, 0.25) is 0 Å². The molecule has 0 fully saturated rings. The number of hydrogen-bond acceptors (Lipinski definition) is 5. The molecule has 0 N–H and O–H groups in total. The summed E-state index contributed by atoms with van der Waals surface area (Å²) >= 11 is 0. The van der Waals surface area contributed by atoms with Crippen molar-refractivity contribution in [3.05, 3.63) is 144 Å². The van der Waals surface area contributed by atoms with Gasteiger partial charge in [-0.2, -0.15) is 0 Å². The van der Waals surface area contributed by atoms with Crippen LogP contribution in [0, 0.1) is 0 Å². The first-order chi connectivity index (χ1) is 19.0. The molecular weight excluding hydrogens is 502 g/mol. The number of ether oxygens (including phenoxy) is 3. The van der Waals surface area contributed by atoms with Crippen LogP contribution in [-0.2, 0) is 12.8 Å². The van der Waals surface area contributed by atoms with Gasteiger partial charge in [-0.1, -0.05) is 36.4 Å². The number of rotatable bonds is 10. The van der Waals surface area contributed by atoms with Crippen molar-refractivity contribution in [3.63, 3.8) is 0 Å². The van der Waals surface area contributed by atoms with E-state index in [-0.39, 0.29) is 0 Å². The van der Waals surface area contributed by atoms with E-state index in [4.69, 9.17) is 14.2 Å². The van der Waals surface area contributed by atoms with Crippen molar-refractivity contribution in [2.75, 3.05) is 0 Å². The summed E-state index contributed by atoms with van der Waals surface area (Å²) in [5.41, 5.74) is 2.48. The Hall–Kier alpha value is -5.04. The summed E-state index contributed by atoms with van der Waals surface area (Å²) in [6, 6.07) is 26.6. The largest absolute Gasteiger partial charge is 0.457 e. The fourth-order valence-corrected chi connectivity index (χ4v) is 3.53. The zero-order valence-corrected chi connectivity index (χ0v) is 20.8. The highest BCUT2D eigenvalue weighted by molar-refractivity contribution is 5.91. The van der Waals surface area contributed by atoms with Gasteiger partial charge in [0.1, 0.15) is 23.0 Å². The van der Waals surface area contributed by atoms with Gasteiger partial charge in [0.05, 0.1) is 23.8 Å². The van der Waals surface area contributed by atoms with Crippen LogP contribution >= 0.6 is 0 Å². The fourth-order valence-electron chi connectivity index (χ4n) is 3.53. The third-order valence-corrected chi connectivity index (χ3v) is 5.57. The Morgan fingerprint density at radius 1 is 0.513 bits per heavy atom. The molecule has 4 aromatic carbocycles. The van der Waals surface area contributed by atoms with Crippen molar-refractivity contribution in [1.29, 1.82) is 0 Å². The maximum Gasteiger partial charge on any atom is 0.343 e. The minimum atomic E-state index is -0.521. The smallest absolute Gasteiger partial charge is 0.343 e. The molecule has 0 radical (unpaired) electrons. The Bertz CT molecular complexity index is 1330. The van der Waals surface area contributed by atoms with Crippen LogP contribution in [0.15, 0.2) is 122 Å². The topological polar surface area (TPSA) is 61.8 Å². The van der Waals surface area contributed by atoms with E-state index in [1.54, 1.807) is 97.1 Å². The van der Waals surface area contributed by atoms with Gasteiger partial charge in [-0.25, -0.2) is 18.4 Å². The summed E-state index contributed by atoms with van der Waals surface area (Å²) in [4.78, 5) is 24.9. The lowest BCUT2D eigenvalue weighted by molar-refractivity contribution is 0.0725. The molecule has 0 aliphatic heterocycles. The molecule has 0 aromatic heterocycles. The molecule has 0 aliphatic carbocycles. The molecule has 0 unspecified atom stereocenters. The van der Waals surface area contributed by atoms with E-state index in [0.717, 1.165) is 11.1 Å². The van der Waals surface area contributed by atoms with Gasteiger partial charge >= 0.3 is 11.9 Å². The highest BCUT2D eigenvalue weighted by atomic mass is 19.1. The molecule has 0 saturated carbocycles. The van der Waals surface area contributed by atoms with E-state index < -0.39 is 11.9 Å². The first kappa shape index (κ1) is 27.0. The van der Waals surface area contributed by atoms with E-state index in [9.17, 15) is 18.4 Å². The Morgan fingerprint density at radius 2 is 0.846 bits per heavy atom. The van der Waals surface area contributed by atoms with E-state index >= 15 is 0 Å². The third kappa shape index (κ3) is 7.97. The van der Waals surface area contributed by atoms with Crippen molar-refractivity contribution >= 4 is 11.9 Å². The molecule has 4 aromatic rings. The molecule has 0 heterocycles. The molecule has 0 amide bonds. The lowest BCUT2D eigenvalue weighted by Gasteiger charge is -2.09. The van der Waals surface area contributed by atoms with E-state index in [1.165, 1.54) is 12.2 Å². The maximum absolute atomic E-state index is 12.4. The average molecular weight is 527 g/mol. The monoisotopic (exact) mass is 526 g/mol. The number of allylic oxidation sites excluding steroid dienone is 2. The molecule has 196 valence electrons. The molecule has 5 nitrogen and oxygen atoms in total. The highest BCUT2D eigenvalue weighted by Gasteiger charge is 2.11. The van der Waals surface area contributed by atoms with Gasteiger partial charge in [-0.15, -0.1) is 0 Å². The summed E-state index contributed by atoms with van der Waals surface area (Å²) in [5.74, 6) is 0.716. The summed E-state index contributed by atoms with van der Waals surface area (Å²) in [6.07, 6.45) is 4.69. The summed E-state index contributed by atoms with van der Waals surface area (Å²) in [6.45, 7) is 0. The number of esters is 2. The van der Waals surface area contributed by atoms with Gasteiger partial charge in [0.15, 0.2) is 0 Å². The molecule has 7 heteroatoms. The van der Waals surface area contributed by atoms with Crippen LogP contribution in [0.3, 0.4) is 0 Å². The molecule has 0 atom stereocenters. The van der Waals surface area contributed by atoms with E-state index in [0.29, 0.717) is 59.6 Å². The van der Waals surface area contributed by atoms with Crippen molar-refractivity contribution < 1.29 is 32.6 Å². The lowest BCUT2D eigenvalue weighted by atomic mass is 10.1. The summed E-state index contributed by atoms with van der Waals surface area (Å²) in [7, 11) is 0. The SMILES string of the molecule is O=C(Oc1ccc(CC=CF)cc1)c1ccc(Oc2ccc(C(=O)Oc3ccc(CC=CF)cc3)cc2)cc1. The van der Waals surface area contributed by atoms with Crippen LogP contribution in [0.5, 0.6) is 23.0 Å². The molecule has 0 aliphatic rings. The van der Waals surface area contributed by atoms with Crippen LogP contribution in [-0.4, -0.2) is 11.9 Å². The molecule has 39 heavy (non-hydrogen) atoms. The lowest BCUT2D eigenvalue weighted by Crippen LogP contribution is -2.08. The average Bonchev–Trinajstić information content (AvgIpc) is 2.97. The van der Waals surface area contributed by atoms with E-state index in [2.05, 4.69) is 0 Å². The normalized spacial score (nSPS) is 11.0. The number of carbonyl (C=O) groups is 2. The van der Waals surface area contributed by atoms with Gasteiger partial charge in [0.25, 0.3) is 0 Å². The predicted molar refractivity (Wildman–Crippen MR) is 144 cm³/mol. The van der Waals surface area contributed by atoms with Crippen molar-refractivity contribution in [1.82, 2.24) is 0 Å². The van der Waals surface area contributed by atoms with Gasteiger partial charge < -0.3 is 14.2 Å². The number of benzene rings is 4. The maximum atomic E-state index is 12.4. The Kier molecular flexibility index (Phi) is 9.34. The predicted octanol–water partition coefficient (Wildman–Crippen LogP) is 7.97. The zero-order chi connectivity index (χ0) is 27.5. The van der Waals surface area contributed by atoms with Gasteiger partial charge in [-0.05, 0) is 96.8 Å². The molecule has 0 spiro atoms. The third-order valence-electron chi connectivity index (χ3n) is 5.57. The minimum Gasteiger partial charge on any atom is -0.457 e. The summed E-state index contributed by atoms with van der Waals surface area (Å²) < 4.78 is 40.8. The van der Waals surface area contributed by atoms with Crippen molar-refractivity contribution in [2.45, 2.75) is 12.8 Å². The standard InChI is InChI=1S/C32H24F2O5/c33-21-1-3-23-5-13-29(14-6-23)38-31(35)25-9-17-27(18-10-25)37-28-19-11-26(12-20-28)32(36)39-30-15-7-24(8-16-30)4-2-22-34/h1-2,5-22H,3-4H2. The molecule has 0 bridgehead atoms. The van der Waals surface area contributed by atoms with Crippen LogP contribution in [0.4, 0.5) is 8.78 Å². The number of halogens is 2. The van der Waals surface area contributed by atoms with Crippen LogP contribution in [0.25, 0.3) is 0 Å². The Balaban J connectivity index is 1.29. The molecule has 4 rings (SSSR count). The number of carbonyl (C=O) groups excluding carboxylic acids is 2. The van der Waals surface area contributed by atoms with Crippen LogP contribution in [0.1, 0.15) is 31.8 Å². The quantitative estimate of drug-likeness (QED) is 0.155. The second-order valence-corrected chi connectivity index (χ2v) is 8.35. The minimum absolute atomic E-state index is 0.344. The first-order valence-electron chi connectivity index (χ1n) is 12.0. The van der Waals surface area contributed by atoms with Gasteiger partial charge in [0, 0.05) is 0 Å². The Labute approximate surface area is 224 Å². The second kappa shape index (κ2) is 13.5. The van der Waals surface area contributed by atoms with Crippen molar-refractivity contribution in [2.24, 2.45) is 0 Å². The van der Waals surface area contributed by atoms with Crippen molar-refractivity contribution in [3.8, 4) is 23.0 Å². The van der Waals surface area contributed by atoms with Crippen LogP contribution < -0.4 is 14.2 Å². The summed E-state index contributed by atoms with van der Waals surface area (Å²) in [5, 5.41) is 0. The highest BCUT2D eigenvalue weighted by Crippen LogP contribution is 2.24. The Morgan fingerprint density at radius 3 is 1.18 bits per heavy atom. The van der Waals surface area contributed by atoms with E-state index in [1.807, 2.05) is 0 Å². The first-order valence-corrected chi connectivity index (χ1v) is 12.0. The zero-order valence-electron chi connectivity index (χ0n) is 20.8. The second-order valence-electron chi connectivity index (χ2n) is 8.35. The number of hydrogen-bond donors (Lipinski definition) is 0. The molecular formula is C32H24F2O5. The molecule has 0 saturated heterocycles. The van der Waals surface area contributed by atoms with Gasteiger partial charge in [-0.3, -0.25) is 0 Å². The fraction of sp³-hybridized carbons (Fsp3) is 0.0625. The van der Waals surface area contributed by atoms with Gasteiger partial charge in [0.2, 0.25) is 0 Å².